The van der Waals surface area contributed by atoms with E-state index in [4.69, 9.17) is 10.5 Å². The molecule has 3 N–H and O–H groups in total. The van der Waals surface area contributed by atoms with E-state index in [-0.39, 0.29) is 42.9 Å². The van der Waals surface area contributed by atoms with Crippen LogP contribution in [0.2, 0.25) is 0 Å². The Bertz CT molecular complexity index is 654. The highest BCUT2D eigenvalue weighted by Gasteiger charge is 2.29. The number of amides is 1. The maximum atomic E-state index is 12.0. The van der Waals surface area contributed by atoms with Gasteiger partial charge in [-0.25, -0.2) is 0 Å². The third-order valence-electron chi connectivity index (χ3n) is 3.78. The lowest BCUT2D eigenvalue weighted by Gasteiger charge is -2.12. The molecule has 126 valence electrons. The van der Waals surface area contributed by atoms with Gasteiger partial charge >= 0.3 is 0 Å². The molecule has 0 unspecified atom stereocenters. The van der Waals surface area contributed by atoms with Crippen molar-refractivity contribution in [1.29, 1.82) is 0 Å². The summed E-state index contributed by atoms with van der Waals surface area (Å²) < 4.78 is 5.58. The molecule has 1 aromatic heterocycles. The first-order chi connectivity index (χ1) is 10.3. The largest absolute Gasteiger partial charge is 0.364 e. The molecule has 0 spiro atoms. The topological polar surface area (TPSA) is 77.2 Å². The summed E-state index contributed by atoms with van der Waals surface area (Å²) in [6.07, 6.45) is 3.03. The van der Waals surface area contributed by atoms with E-state index in [1.54, 1.807) is 6.20 Å². The highest BCUT2D eigenvalue weighted by Crippen LogP contribution is 2.19. The number of hydrogen-bond donors (Lipinski definition) is 2. The monoisotopic (exact) mass is 357 g/mol. The third-order valence-corrected chi connectivity index (χ3v) is 3.78. The van der Waals surface area contributed by atoms with Gasteiger partial charge in [0.25, 0.3) is 0 Å². The number of halogens is 2. The molecule has 0 aliphatic carbocycles. The minimum atomic E-state index is -0.369. The Kier molecular flexibility index (Phi) is 7.72. The molecule has 5 nitrogen and oxygen atoms in total. The zero-order chi connectivity index (χ0) is 14.7. The summed E-state index contributed by atoms with van der Waals surface area (Å²) in [6.45, 7) is 0.933. The van der Waals surface area contributed by atoms with Crippen LogP contribution in [0, 0.1) is 0 Å². The number of nitrogens with one attached hydrogen (secondary N) is 1. The predicted molar refractivity (Wildman–Crippen MR) is 95.0 cm³/mol. The van der Waals surface area contributed by atoms with Crippen molar-refractivity contribution in [1.82, 2.24) is 10.3 Å². The lowest BCUT2D eigenvalue weighted by molar-refractivity contribution is -0.132. The molecule has 1 saturated heterocycles. The fourth-order valence-electron chi connectivity index (χ4n) is 2.59. The minimum Gasteiger partial charge on any atom is -0.364 e. The van der Waals surface area contributed by atoms with Gasteiger partial charge in [0, 0.05) is 24.7 Å². The summed E-state index contributed by atoms with van der Waals surface area (Å²) in [4.78, 5) is 16.4. The first-order valence-electron chi connectivity index (χ1n) is 7.23. The molecule has 2 heterocycles. The number of ether oxygens (including phenoxy) is 1. The summed E-state index contributed by atoms with van der Waals surface area (Å²) in [5.41, 5.74) is 7.49. The van der Waals surface area contributed by atoms with Gasteiger partial charge in [0.05, 0.1) is 11.6 Å². The lowest BCUT2D eigenvalue weighted by atomic mass is 10.1. The summed E-state index contributed by atoms with van der Waals surface area (Å²) in [6, 6.07) is 9.96. The van der Waals surface area contributed by atoms with Gasteiger partial charge in [-0.1, -0.05) is 18.2 Å². The Morgan fingerprint density at radius 2 is 2.09 bits per heavy atom. The molecule has 1 aromatic carbocycles. The molecule has 1 fully saturated rings. The van der Waals surface area contributed by atoms with Crippen molar-refractivity contribution in [3.63, 3.8) is 0 Å². The molecule has 0 bridgehead atoms. The van der Waals surface area contributed by atoms with Crippen molar-refractivity contribution in [2.24, 2.45) is 5.73 Å². The van der Waals surface area contributed by atoms with E-state index in [0.717, 1.165) is 29.3 Å². The van der Waals surface area contributed by atoms with Crippen molar-refractivity contribution in [3.8, 4) is 0 Å². The summed E-state index contributed by atoms with van der Waals surface area (Å²) in [5, 5.41) is 3.98. The Morgan fingerprint density at radius 1 is 1.30 bits per heavy atom. The van der Waals surface area contributed by atoms with E-state index >= 15 is 0 Å². The molecule has 3 rings (SSSR count). The molecule has 7 heteroatoms. The average molecular weight is 358 g/mol. The Labute approximate surface area is 147 Å². The van der Waals surface area contributed by atoms with Gasteiger partial charge < -0.3 is 15.8 Å². The van der Waals surface area contributed by atoms with Crippen LogP contribution in [-0.2, 0) is 16.1 Å². The zero-order valence-electron chi connectivity index (χ0n) is 12.6. The second-order valence-electron chi connectivity index (χ2n) is 5.31. The number of pyridine rings is 1. The molecular formula is C16H21Cl2N3O2. The first kappa shape index (κ1) is 19.6. The number of hydrogen-bond acceptors (Lipinski definition) is 4. The molecule has 2 aromatic rings. The minimum absolute atomic E-state index is 0. The van der Waals surface area contributed by atoms with Crippen LogP contribution in [0.1, 0.15) is 18.4 Å². The van der Waals surface area contributed by atoms with Crippen LogP contribution in [0.15, 0.2) is 36.5 Å². The van der Waals surface area contributed by atoms with E-state index in [0.29, 0.717) is 13.1 Å². The van der Waals surface area contributed by atoms with E-state index in [1.165, 1.54) is 0 Å². The number of benzene rings is 1. The van der Waals surface area contributed by atoms with E-state index in [2.05, 4.69) is 10.3 Å². The number of nitrogens with two attached hydrogens (primary N) is 1. The third kappa shape index (κ3) is 4.78. The van der Waals surface area contributed by atoms with E-state index in [1.807, 2.05) is 30.3 Å². The molecule has 1 aliphatic heterocycles. The highest BCUT2D eigenvalue weighted by atomic mass is 35.5. The Morgan fingerprint density at radius 3 is 2.83 bits per heavy atom. The highest BCUT2D eigenvalue weighted by molar-refractivity contribution is 5.85. The van der Waals surface area contributed by atoms with Crippen LogP contribution in [-0.4, -0.2) is 29.6 Å². The number of rotatable bonds is 4. The summed E-state index contributed by atoms with van der Waals surface area (Å²) >= 11 is 0. The SMILES string of the molecule is Cl.Cl.NC[C@H]1CC[C@@H](C(=O)NCc2cnc3ccccc3c2)O1. The second-order valence-corrected chi connectivity index (χ2v) is 5.31. The van der Waals surface area contributed by atoms with Gasteiger partial charge in [0.15, 0.2) is 0 Å². The number of aromatic nitrogens is 1. The van der Waals surface area contributed by atoms with Crippen molar-refractivity contribution in [2.45, 2.75) is 31.6 Å². The molecule has 1 amide bonds. The van der Waals surface area contributed by atoms with Crippen LogP contribution < -0.4 is 11.1 Å². The molecular weight excluding hydrogens is 337 g/mol. The van der Waals surface area contributed by atoms with Crippen molar-refractivity contribution < 1.29 is 9.53 Å². The maximum absolute atomic E-state index is 12.0. The first-order valence-corrected chi connectivity index (χ1v) is 7.23. The van der Waals surface area contributed by atoms with Gasteiger partial charge in [-0.05, 0) is 30.5 Å². The maximum Gasteiger partial charge on any atom is 0.249 e. The van der Waals surface area contributed by atoms with Crippen LogP contribution in [0.5, 0.6) is 0 Å². The molecule has 0 saturated carbocycles. The van der Waals surface area contributed by atoms with Crippen molar-refractivity contribution in [2.75, 3.05) is 6.54 Å². The van der Waals surface area contributed by atoms with Gasteiger partial charge in [-0.2, -0.15) is 0 Å². The van der Waals surface area contributed by atoms with Crippen molar-refractivity contribution in [3.05, 3.63) is 42.1 Å². The van der Waals surface area contributed by atoms with Crippen LogP contribution in [0.25, 0.3) is 10.9 Å². The summed E-state index contributed by atoms with van der Waals surface area (Å²) in [5.74, 6) is -0.0703. The van der Waals surface area contributed by atoms with E-state index in [9.17, 15) is 4.79 Å². The van der Waals surface area contributed by atoms with Crippen molar-refractivity contribution >= 4 is 41.6 Å². The molecule has 1 aliphatic rings. The number of fused-ring (bicyclic) bond motifs is 1. The van der Waals surface area contributed by atoms with Gasteiger partial charge in [-0.15, -0.1) is 24.8 Å². The van der Waals surface area contributed by atoms with Gasteiger partial charge in [0.1, 0.15) is 6.10 Å². The quantitative estimate of drug-likeness (QED) is 0.879. The molecule has 0 radical (unpaired) electrons. The van der Waals surface area contributed by atoms with Crippen LogP contribution in [0.4, 0.5) is 0 Å². The second kappa shape index (κ2) is 9.03. The normalized spacial score (nSPS) is 19.7. The Balaban J connectivity index is 0.00000132. The average Bonchev–Trinajstić information content (AvgIpc) is 3.01. The number of carbonyl (C=O) groups excluding carboxylic acids is 1. The van der Waals surface area contributed by atoms with Gasteiger partial charge in [-0.3, -0.25) is 9.78 Å². The molecule has 23 heavy (non-hydrogen) atoms. The fourth-order valence-corrected chi connectivity index (χ4v) is 2.59. The predicted octanol–water partition coefficient (Wildman–Crippen LogP) is 2.20. The van der Waals surface area contributed by atoms with Gasteiger partial charge in [0.2, 0.25) is 5.91 Å². The van der Waals surface area contributed by atoms with Crippen LogP contribution in [0.3, 0.4) is 0 Å². The summed E-state index contributed by atoms with van der Waals surface area (Å²) in [7, 11) is 0. The standard InChI is InChI=1S/C16H19N3O2.2ClH/c17-8-13-5-6-15(21-13)16(20)19-10-11-7-12-3-1-2-4-14(12)18-9-11;;/h1-4,7,9,13,15H,5-6,8,10,17H2,(H,19,20);2*1H/t13-,15+;;/m1../s1. The number of nitrogens with zero attached hydrogens (tertiary/aromatic N) is 1. The fraction of sp³-hybridized carbons (Fsp3) is 0.375. The lowest BCUT2D eigenvalue weighted by Crippen LogP contribution is -2.35. The van der Waals surface area contributed by atoms with E-state index < -0.39 is 0 Å². The number of para-hydroxylation sites is 1. The van der Waals surface area contributed by atoms with Crippen LogP contribution >= 0.6 is 24.8 Å². The number of carbonyl (C=O) groups is 1. The zero-order valence-corrected chi connectivity index (χ0v) is 14.2. The Hall–Kier alpha value is -1.40. The molecule has 2 atom stereocenters. The smallest absolute Gasteiger partial charge is 0.249 e.